The van der Waals surface area contributed by atoms with E-state index in [1.807, 2.05) is 0 Å². The van der Waals surface area contributed by atoms with Gasteiger partial charge in [-0.1, -0.05) is 0 Å². The molecular formula is C2H7MgO2P. The third-order valence-corrected chi connectivity index (χ3v) is 0. The molecule has 0 unspecified atom stereocenters. The van der Waals surface area contributed by atoms with Gasteiger partial charge >= 0.3 is 0 Å². The predicted molar refractivity (Wildman–Crippen MR) is 27.4 cm³/mol. The molecule has 0 aromatic rings. The second kappa shape index (κ2) is 3.02. The van der Waals surface area contributed by atoms with E-state index < -0.39 is 7.37 Å². The Bertz CT molecular complexity index is 57.7. The zero-order valence-electron chi connectivity index (χ0n) is 4.01. The van der Waals surface area contributed by atoms with Crippen molar-refractivity contribution in [1.29, 1.82) is 0 Å². The molecule has 4 heteroatoms. The first-order chi connectivity index (χ1) is 2.00. The molecule has 0 aliphatic heterocycles. The van der Waals surface area contributed by atoms with Crippen LogP contribution in [0.5, 0.6) is 0 Å². The van der Waals surface area contributed by atoms with Crippen molar-refractivity contribution in [2.24, 2.45) is 0 Å². The van der Waals surface area contributed by atoms with E-state index in [0.29, 0.717) is 0 Å². The zero-order chi connectivity index (χ0) is 4.50. The maximum Gasteiger partial charge on any atom is 0.194 e. The summed E-state index contributed by atoms with van der Waals surface area (Å²) in [6, 6.07) is 0. The van der Waals surface area contributed by atoms with Gasteiger partial charge in [0.05, 0.1) is 0 Å². The third kappa shape index (κ3) is 84.8. The average Bonchev–Trinajstić information content (AvgIpc) is 0.722. The van der Waals surface area contributed by atoms with Crippen LogP contribution in [0.4, 0.5) is 0 Å². The Morgan fingerprint density at radius 3 is 1.50 bits per heavy atom. The number of hydrogen-bond donors (Lipinski definition) is 1. The van der Waals surface area contributed by atoms with E-state index in [9.17, 15) is 4.57 Å². The maximum absolute atomic E-state index is 9.77. The second-order valence-electron chi connectivity index (χ2n) is 1.29. The fourth-order valence-corrected chi connectivity index (χ4v) is 0. The first-order valence-corrected chi connectivity index (χ1v) is 3.83. The van der Waals surface area contributed by atoms with Crippen molar-refractivity contribution in [3.63, 3.8) is 0 Å². The molecule has 0 aromatic carbocycles. The van der Waals surface area contributed by atoms with E-state index in [2.05, 4.69) is 0 Å². The molecule has 0 fully saturated rings. The van der Waals surface area contributed by atoms with E-state index in [-0.39, 0.29) is 23.1 Å². The minimum absolute atomic E-state index is 0. The number of hydrogen-bond acceptors (Lipinski definition) is 1. The van der Waals surface area contributed by atoms with Crippen molar-refractivity contribution in [1.82, 2.24) is 0 Å². The molecule has 0 spiro atoms. The standard InChI is InChI=1S/C2H7O2P.Mg/c1-5(2,3)4;/h1-2H3,(H,3,4);. The van der Waals surface area contributed by atoms with Gasteiger partial charge in [0.1, 0.15) is 0 Å². The second-order valence-corrected chi connectivity index (χ2v) is 3.88. The van der Waals surface area contributed by atoms with E-state index in [0.717, 1.165) is 0 Å². The van der Waals surface area contributed by atoms with Gasteiger partial charge in [0.2, 0.25) is 0 Å². The lowest BCUT2D eigenvalue weighted by molar-refractivity contribution is 0.492. The van der Waals surface area contributed by atoms with Crippen LogP contribution in [0.25, 0.3) is 0 Å². The van der Waals surface area contributed by atoms with E-state index in [4.69, 9.17) is 4.89 Å². The third-order valence-electron chi connectivity index (χ3n) is 0. The molecule has 0 saturated carbocycles. The summed E-state index contributed by atoms with van der Waals surface area (Å²) in [6.07, 6.45) is 0. The van der Waals surface area contributed by atoms with Crippen molar-refractivity contribution < 1.29 is 9.46 Å². The Balaban J connectivity index is 0. The molecule has 2 radical (unpaired) electrons. The molecule has 0 saturated heterocycles. The Labute approximate surface area is 53.5 Å². The Hall–Kier alpha value is 0.956. The monoisotopic (exact) mass is 118 g/mol. The lowest BCUT2D eigenvalue weighted by atomic mass is 11.9. The Kier molecular flexibility index (Phi) is 5.06. The maximum atomic E-state index is 9.77. The Morgan fingerprint density at radius 2 is 1.50 bits per heavy atom. The molecule has 0 amide bonds. The first-order valence-electron chi connectivity index (χ1n) is 1.28. The van der Waals surface area contributed by atoms with Gasteiger partial charge in [-0.15, -0.1) is 0 Å². The average molecular weight is 118 g/mol. The molecular weight excluding hydrogens is 111 g/mol. The molecule has 6 heavy (non-hydrogen) atoms. The van der Waals surface area contributed by atoms with Crippen LogP contribution in [-0.2, 0) is 4.57 Å². The minimum Gasteiger partial charge on any atom is -0.345 e. The van der Waals surface area contributed by atoms with E-state index >= 15 is 0 Å². The normalized spacial score (nSPS) is 9.83. The van der Waals surface area contributed by atoms with Gasteiger partial charge in [0, 0.05) is 36.4 Å². The molecule has 34 valence electrons. The Morgan fingerprint density at radius 1 is 1.50 bits per heavy atom. The van der Waals surface area contributed by atoms with Crippen LogP contribution in [0.2, 0.25) is 0 Å². The zero-order valence-corrected chi connectivity index (χ0v) is 6.32. The molecule has 0 aliphatic rings. The number of rotatable bonds is 0. The highest BCUT2D eigenvalue weighted by Crippen LogP contribution is 2.27. The van der Waals surface area contributed by atoms with Gasteiger partial charge in [-0.05, 0) is 0 Å². The van der Waals surface area contributed by atoms with Crippen LogP contribution in [0.15, 0.2) is 0 Å². The van der Waals surface area contributed by atoms with Gasteiger partial charge in [-0.25, -0.2) is 0 Å². The molecule has 0 aromatic heterocycles. The summed E-state index contributed by atoms with van der Waals surface area (Å²) < 4.78 is 9.77. The molecule has 2 nitrogen and oxygen atoms in total. The molecule has 0 atom stereocenters. The summed E-state index contributed by atoms with van der Waals surface area (Å²) in [6.45, 7) is 2.60. The fourth-order valence-electron chi connectivity index (χ4n) is 0. The summed E-state index contributed by atoms with van der Waals surface area (Å²) in [7, 11) is -2.64. The van der Waals surface area contributed by atoms with Crippen molar-refractivity contribution >= 4 is 30.4 Å². The minimum atomic E-state index is -2.64. The topological polar surface area (TPSA) is 37.3 Å². The van der Waals surface area contributed by atoms with Crippen molar-refractivity contribution in [3.05, 3.63) is 0 Å². The van der Waals surface area contributed by atoms with Gasteiger partial charge in [0.15, 0.2) is 7.37 Å². The van der Waals surface area contributed by atoms with E-state index in [1.165, 1.54) is 13.3 Å². The van der Waals surface area contributed by atoms with Crippen LogP contribution in [0.1, 0.15) is 0 Å². The van der Waals surface area contributed by atoms with Crippen molar-refractivity contribution in [2.75, 3.05) is 13.3 Å². The van der Waals surface area contributed by atoms with Crippen molar-refractivity contribution in [2.45, 2.75) is 0 Å². The highest BCUT2D eigenvalue weighted by molar-refractivity contribution is 7.56. The quantitative estimate of drug-likeness (QED) is 0.363. The summed E-state index contributed by atoms with van der Waals surface area (Å²) in [4.78, 5) is 8.08. The van der Waals surface area contributed by atoms with Gasteiger partial charge in [0.25, 0.3) is 0 Å². The van der Waals surface area contributed by atoms with Crippen molar-refractivity contribution in [3.8, 4) is 0 Å². The SMILES string of the molecule is CP(C)(=O)O.[Mg]. The smallest absolute Gasteiger partial charge is 0.194 e. The van der Waals surface area contributed by atoms with Gasteiger partial charge in [-0.3, -0.25) is 4.57 Å². The molecule has 0 heterocycles. The highest BCUT2D eigenvalue weighted by atomic mass is 31.2. The summed E-state index contributed by atoms with van der Waals surface area (Å²) >= 11 is 0. The van der Waals surface area contributed by atoms with Crippen LogP contribution in [-0.4, -0.2) is 41.3 Å². The summed E-state index contributed by atoms with van der Waals surface area (Å²) in [5, 5.41) is 0. The summed E-state index contributed by atoms with van der Waals surface area (Å²) in [5.74, 6) is 0. The molecule has 0 bridgehead atoms. The fraction of sp³-hybridized carbons (Fsp3) is 1.00. The van der Waals surface area contributed by atoms with Crippen LogP contribution >= 0.6 is 7.37 Å². The van der Waals surface area contributed by atoms with Gasteiger partial charge < -0.3 is 4.89 Å². The molecule has 1 N–H and O–H groups in total. The lowest BCUT2D eigenvalue weighted by Gasteiger charge is -1.86. The highest BCUT2D eigenvalue weighted by Gasteiger charge is 1.92. The molecule has 0 rings (SSSR count). The summed E-state index contributed by atoms with van der Waals surface area (Å²) in [5.41, 5.74) is 0. The lowest BCUT2D eigenvalue weighted by Crippen LogP contribution is -1.62. The van der Waals surface area contributed by atoms with Gasteiger partial charge in [-0.2, -0.15) is 0 Å². The van der Waals surface area contributed by atoms with Crippen LogP contribution in [0.3, 0.4) is 0 Å². The van der Waals surface area contributed by atoms with Crippen LogP contribution < -0.4 is 0 Å². The van der Waals surface area contributed by atoms with E-state index in [1.54, 1.807) is 0 Å². The predicted octanol–water partition coefficient (Wildman–Crippen LogP) is 0.136. The van der Waals surface area contributed by atoms with Crippen LogP contribution in [0, 0.1) is 0 Å². The largest absolute Gasteiger partial charge is 0.345 e. The first kappa shape index (κ1) is 10.0. The molecule has 0 aliphatic carbocycles.